The van der Waals surface area contributed by atoms with E-state index >= 15 is 0 Å². The summed E-state index contributed by atoms with van der Waals surface area (Å²) in [7, 11) is -5.84. The molecule has 1 aliphatic carbocycles. The number of benzene rings is 4. The smallest absolute Gasteiger partial charge is 0.279 e. The van der Waals surface area contributed by atoms with Gasteiger partial charge in [0.05, 0.1) is 0 Å². The molecule has 0 amide bonds. The second-order valence-electron chi connectivity index (χ2n) is 8.67. The topological polar surface area (TPSA) is 54.4 Å². The molecule has 0 bridgehead atoms. The summed E-state index contributed by atoms with van der Waals surface area (Å²) in [6, 6.07) is 32.1. The Morgan fingerprint density at radius 1 is 0.757 bits per heavy atom. The standard InChI is InChI=1S/C15H16.C13H9Cl.CHF3O3S/c1-12-3-7-14(8-4-12)11-15-9-5-13(2)6-10-15;14-13-7-3-6-11-10-5-2-1-4-9(10)8-12(11)13;2-1(3,4)8(5,6)7/h3-10H,11H2,1-2H3;1-7H,8H2;(H,5,6,7). The van der Waals surface area contributed by atoms with Gasteiger partial charge in [0.1, 0.15) is 0 Å². The van der Waals surface area contributed by atoms with Gasteiger partial charge in [-0.3, -0.25) is 4.55 Å². The van der Waals surface area contributed by atoms with Crippen LogP contribution >= 0.6 is 11.6 Å². The van der Waals surface area contributed by atoms with Crippen molar-refractivity contribution in [2.24, 2.45) is 0 Å². The highest BCUT2D eigenvalue weighted by atomic mass is 35.5. The molecule has 1 N–H and O–H groups in total. The van der Waals surface area contributed by atoms with Gasteiger partial charge in [-0.15, -0.1) is 0 Å². The first-order valence-electron chi connectivity index (χ1n) is 11.4. The predicted molar refractivity (Wildman–Crippen MR) is 142 cm³/mol. The maximum Gasteiger partial charge on any atom is 0.522 e. The molecule has 0 atom stereocenters. The highest BCUT2D eigenvalue weighted by Crippen LogP contribution is 2.39. The average molecular weight is 547 g/mol. The third-order valence-electron chi connectivity index (χ3n) is 5.74. The molecular weight excluding hydrogens is 521 g/mol. The first-order valence-corrected chi connectivity index (χ1v) is 13.2. The van der Waals surface area contributed by atoms with Crippen LogP contribution in [0.1, 0.15) is 33.4 Å². The van der Waals surface area contributed by atoms with E-state index < -0.39 is 15.6 Å². The van der Waals surface area contributed by atoms with Crippen LogP contribution in [0.25, 0.3) is 11.1 Å². The molecule has 0 fully saturated rings. The van der Waals surface area contributed by atoms with Gasteiger partial charge >= 0.3 is 15.6 Å². The van der Waals surface area contributed by atoms with Crippen LogP contribution in [0.3, 0.4) is 0 Å². The number of aryl methyl sites for hydroxylation is 2. The first kappa shape index (κ1) is 28.4. The highest BCUT2D eigenvalue weighted by Gasteiger charge is 2.44. The zero-order valence-corrected chi connectivity index (χ0v) is 21.8. The Hall–Kier alpha value is -3.13. The van der Waals surface area contributed by atoms with Gasteiger partial charge in [0.15, 0.2) is 0 Å². The van der Waals surface area contributed by atoms with Crippen LogP contribution in [0.2, 0.25) is 5.02 Å². The molecule has 0 aliphatic heterocycles. The first-order chi connectivity index (χ1) is 17.3. The predicted octanol–water partition coefficient (Wildman–Crippen LogP) is 8.20. The Balaban J connectivity index is 0.000000162. The van der Waals surface area contributed by atoms with Gasteiger partial charge in [0, 0.05) is 11.4 Å². The third kappa shape index (κ3) is 7.92. The van der Waals surface area contributed by atoms with E-state index in [-0.39, 0.29) is 0 Å². The third-order valence-corrected chi connectivity index (χ3v) is 6.67. The molecule has 0 saturated heterocycles. The number of hydrogen-bond donors (Lipinski definition) is 1. The van der Waals surface area contributed by atoms with Crippen molar-refractivity contribution < 1.29 is 26.1 Å². The van der Waals surface area contributed by atoms with Crippen molar-refractivity contribution in [3.05, 3.63) is 129 Å². The summed E-state index contributed by atoms with van der Waals surface area (Å²) < 4.78 is 57.5. The van der Waals surface area contributed by atoms with Gasteiger partial charge in [-0.1, -0.05) is 108 Å². The molecule has 0 unspecified atom stereocenters. The van der Waals surface area contributed by atoms with Gasteiger partial charge in [0.25, 0.3) is 0 Å². The second-order valence-corrected chi connectivity index (χ2v) is 10.5. The molecule has 4 aromatic rings. The highest BCUT2D eigenvalue weighted by molar-refractivity contribution is 7.86. The second kappa shape index (κ2) is 11.9. The molecule has 1 aliphatic rings. The molecule has 0 saturated carbocycles. The van der Waals surface area contributed by atoms with Crippen LogP contribution in [0, 0.1) is 13.8 Å². The molecule has 0 heterocycles. The van der Waals surface area contributed by atoms with Crippen molar-refractivity contribution in [3.8, 4) is 11.1 Å². The van der Waals surface area contributed by atoms with Gasteiger partial charge in [-0.25, -0.2) is 0 Å². The lowest BCUT2D eigenvalue weighted by Crippen LogP contribution is -2.21. The Morgan fingerprint density at radius 3 is 1.70 bits per heavy atom. The summed E-state index contributed by atoms with van der Waals surface area (Å²) in [5, 5.41) is 0.888. The molecule has 3 nitrogen and oxygen atoms in total. The molecule has 0 radical (unpaired) electrons. The van der Waals surface area contributed by atoms with Crippen LogP contribution in [-0.2, 0) is 23.0 Å². The Morgan fingerprint density at radius 2 is 1.22 bits per heavy atom. The van der Waals surface area contributed by atoms with Gasteiger partial charge in [-0.2, -0.15) is 21.6 Å². The summed E-state index contributed by atoms with van der Waals surface area (Å²) >= 11 is 6.16. The molecule has 0 aromatic heterocycles. The number of alkyl halides is 3. The lowest BCUT2D eigenvalue weighted by atomic mass is 10.0. The Labute approximate surface area is 220 Å². The van der Waals surface area contributed by atoms with Gasteiger partial charge < -0.3 is 0 Å². The van der Waals surface area contributed by atoms with Crippen molar-refractivity contribution in [1.82, 2.24) is 0 Å². The van der Waals surface area contributed by atoms with E-state index in [4.69, 9.17) is 24.6 Å². The minimum Gasteiger partial charge on any atom is -0.279 e. The normalized spacial score (nSPS) is 11.9. The van der Waals surface area contributed by atoms with Crippen molar-refractivity contribution in [1.29, 1.82) is 0 Å². The van der Waals surface area contributed by atoms with Crippen LogP contribution in [0.4, 0.5) is 13.2 Å². The molecular formula is C29H26ClF3O3S. The lowest BCUT2D eigenvalue weighted by Gasteiger charge is -2.03. The number of fused-ring (bicyclic) bond motifs is 3. The summed E-state index contributed by atoms with van der Waals surface area (Å²) in [6.07, 6.45) is 2.01. The SMILES string of the molecule is Cc1ccc(Cc2ccc(C)cc2)cc1.Clc1cccc2c1Cc1ccccc1-2.O=S(=O)(O)C(F)(F)F. The van der Waals surface area contributed by atoms with Crippen LogP contribution < -0.4 is 0 Å². The summed E-state index contributed by atoms with van der Waals surface area (Å²) in [6.45, 7) is 4.24. The minimum atomic E-state index is -5.84. The molecule has 0 spiro atoms. The Bertz CT molecular complexity index is 1400. The average Bonchev–Trinajstić information content (AvgIpc) is 3.22. The van der Waals surface area contributed by atoms with Gasteiger partial charge in [-0.05, 0) is 59.7 Å². The molecule has 5 rings (SSSR count). The summed E-state index contributed by atoms with van der Waals surface area (Å²) in [4.78, 5) is 0. The van der Waals surface area contributed by atoms with Crippen LogP contribution in [0.15, 0.2) is 91.0 Å². The van der Waals surface area contributed by atoms with E-state index in [1.165, 1.54) is 44.5 Å². The fourth-order valence-electron chi connectivity index (χ4n) is 3.77. The van der Waals surface area contributed by atoms with Gasteiger partial charge in [0.2, 0.25) is 0 Å². The molecule has 37 heavy (non-hydrogen) atoms. The van der Waals surface area contributed by atoms with E-state index in [1.807, 2.05) is 12.1 Å². The van der Waals surface area contributed by atoms with E-state index in [0.29, 0.717) is 0 Å². The fraction of sp³-hybridized carbons (Fsp3) is 0.172. The van der Waals surface area contributed by atoms with E-state index in [2.05, 4.69) is 92.7 Å². The minimum absolute atomic E-state index is 0.888. The number of hydrogen-bond acceptors (Lipinski definition) is 2. The number of halogens is 4. The van der Waals surface area contributed by atoms with Crippen molar-refractivity contribution >= 4 is 21.7 Å². The van der Waals surface area contributed by atoms with Crippen molar-refractivity contribution in [2.45, 2.75) is 32.2 Å². The maximum absolute atomic E-state index is 10.7. The molecule has 8 heteroatoms. The summed E-state index contributed by atoms with van der Waals surface area (Å²) in [5.74, 6) is 0. The number of rotatable bonds is 2. The quantitative estimate of drug-likeness (QED) is 0.179. The summed E-state index contributed by atoms with van der Waals surface area (Å²) in [5.41, 5.74) is 5.16. The van der Waals surface area contributed by atoms with Crippen LogP contribution in [0.5, 0.6) is 0 Å². The largest absolute Gasteiger partial charge is 0.522 e. The Kier molecular flexibility index (Phi) is 9.18. The lowest BCUT2D eigenvalue weighted by molar-refractivity contribution is -0.0510. The molecule has 4 aromatic carbocycles. The van der Waals surface area contributed by atoms with E-state index in [1.54, 1.807) is 0 Å². The van der Waals surface area contributed by atoms with Crippen molar-refractivity contribution in [2.75, 3.05) is 0 Å². The fourth-order valence-corrected chi connectivity index (χ4v) is 4.01. The zero-order chi connectivity index (χ0) is 27.2. The molecule has 194 valence electrons. The monoisotopic (exact) mass is 546 g/mol. The van der Waals surface area contributed by atoms with E-state index in [9.17, 15) is 13.2 Å². The zero-order valence-electron chi connectivity index (χ0n) is 20.3. The van der Waals surface area contributed by atoms with Crippen molar-refractivity contribution in [3.63, 3.8) is 0 Å². The maximum atomic E-state index is 10.7. The van der Waals surface area contributed by atoms with E-state index in [0.717, 1.165) is 17.9 Å². The van der Waals surface area contributed by atoms with Crippen LogP contribution in [-0.4, -0.2) is 18.5 Å².